The van der Waals surface area contributed by atoms with Gasteiger partial charge in [-0.1, -0.05) is 24.3 Å². The molecule has 3 rings (SSSR count). The van der Waals surface area contributed by atoms with Gasteiger partial charge in [-0.15, -0.1) is 0 Å². The zero-order valence-corrected chi connectivity index (χ0v) is 10.8. The van der Waals surface area contributed by atoms with Crippen molar-refractivity contribution in [2.24, 2.45) is 0 Å². The van der Waals surface area contributed by atoms with Gasteiger partial charge in [-0.25, -0.2) is 4.79 Å². The standard InChI is InChI=1S/C16H12O4/c1-9-12-3-2-4-13(18)15(12)20-16(19)14(9)10-5-7-11(17)8-6-10/h2-8,17-18H,1H3. The number of fused-ring (bicyclic) bond motifs is 1. The minimum Gasteiger partial charge on any atom is -0.508 e. The Hall–Kier alpha value is -2.75. The summed E-state index contributed by atoms with van der Waals surface area (Å²) >= 11 is 0. The number of hydrogen-bond donors (Lipinski definition) is 2. The SMILES string of the molecule is Cc1c(-c2ccc(O)cc2)c(=O)oc2c(O)cccc12. The van der Waals surface area contributed by atoms with E-state index in [1.807, 2.05) is 0 Å². The molecule has 0 saturated carbocycles. The molecule has 2 N–H and O–H groups in total. The normalized spacial score (nSPS) is 10.8. The highest BCUT2D eigenvalue weighted by atomic mass is 16.4. The molecule has 20 heavy (non-hydrogen) atoms. The fourth-order valence-electron chi connectivity index (χ4n) is 2.32. The van der Waals surface area contributed by atoms with Crippen molar-refractivity contribution in [3.05, 3.63) is 58.4 Å². The average Bonchev–Trinajstić information content (AvgIpc) is 2.42. The molecule has 4 nitrogen and oxygen atoms in total. The first kappa shape index (κ1) is 12.3. The smallest absolute Gasteiger partial charge is 0.344 e. The molecule has 0 radical (unpaired) electrons. The molecule has 100 valence electrons. The molecular formula is C16H12O4. The molecule has 0 bridgehead atoms. The molecular weight excluding hydrogens is 256 g/mol. The van der Waals surface area contributed by atoms with Crippen LogP contribution in [0.15, 0.2) is 51.7 Å². The summed E-state index contributed by atoms with van der Waals surface area (Å²) in [4.78, 5) is 12.2. The molecule has 2 aromatic carbocycles. The second kappa shape index (κ2) is 4.42. The summed E-state index contributed by atoms with van der Waals surface area (Å²) in [6, 6.07) is 11.3. The van der Waals surface area contributed by atoms with Crippen molar-refractivity contribution in [3.63, 3.8) is 0 Å². The Kier molecular flexibility index (Phi) is 2.71. The second-order valence-electron chi connectivity index (χ2n) is 4.59. The summed E-state index contributed by atoms with van der Waals surface area (Å²) in [5, 5.41) is 19.8. The summed E-state index contributed by atoms with van der Waals surface area (Å²) < 4.78 is 5.22. The predicted octanol–water partition coefficient (Wildman–Crippen LogP) is 3.18. The largest absolute Gasteiger partial charge is 0.508 e. The summed E-state index contributed by atoms with van der Waals surface area (Å²) in [5.41, 5.74) is 1.51. The minimum atomic E-state index is -0.512. The minimum absolute atomic E-state index is 0.0556. The maximum absolute atomic E-state index is 12.2. The van der Waals surface area contributed by atoms with Crippen molar-refractivity contribution >= 4 is 11.0 Å². The topological polar surface area (TPSA) is 70.7 Å². The lowest BCUT2D eigenvalue weighted by Crippen LogP contribution is -2.05. The highest BCUT2D eigenvalue weighted by Gasteiger charge is 2.14. The van der Waals surface area contributed by atoms with E-state index < -0.39 is 5.63 Å². The molecule has 0 spiro atoms. The highest BCUT2D eigenvalue weighted by Crippen LogP contribution is 2.31. The fraction of sp³-hybridized carbons (Fsp3) is 0.0625. The summed E-state index contributed by atoms with van der Waals surface area (Å²) in [5.74, 6) is 0.0779. The maximum atomic E-state index is 12.2. The molecule has 1 heterocycles. The molecule has 0 unspecified atom stereocenters. The third kappa shape index (κ3) is 1.82. The second-order valence-corrected chi connectivity index (χ2v) is 4.59. The first-order valence-corrected chi connectivity index (χ1v) is 6.12. The lowest BCUT2D eigenvalue weighted by atomic mass is 9.99. The number of aryl methyl sites for hydroxylation is 1. The lowest BCUT2D eigenvalue weighted by Gasteiger charge is -2.08. The molecule has 0 aliphatic carbocycles. The molecule has 0 saturated heterocycles. The van der Waals surface area contributed by atoms with Gasteiger partial charge in [0.2, 0.25) is 0 Å². The van der Waals surface area contributed by atoms with Crippen molar-refractivity contribution < 1.29 is 14.6 Å². The van der Waals surface area contributed by atoms with Crippen LogP contribution in [-0.2, 0) is 0 Å². The molecule has 1 aromatic heterocycles. The van der Waals surface area contributed by atoms with E-state index in [1.165, 1.54) is 18.2 Å². The third-order valence-corrected chi connectivity index (χ3v) is 3.33. The Morgan fingerprint density at radius 1 is 1.00 bits per heavy atom. The zero-order valence-electron chi connectivity index (χ0n) is 10.8. The van der Waals surface area contributed by atoms with Gasteiger partial charge < -0.3 is 14.6 Å². The van der Waals surface area contributed by atoms with Crippen LogP contribution < -0.4 is 5.63 Å². The van der Waals surface area contributed by atoms with E-state index in [2.05, 4.69) is 0 Å². The van der Waals surface area contributed by atoms with E-state index in [0.29, 0.717) is 16.5 Å². The monoisotopic (exact) mass is 268 g/mol. The van der Waals surface area contributed by atoms with Crippen molar-refractivity contribution in [2.45, 2.75) is 6.92 Å². The van der Waals surface area contributed by atoms with E-state index in [1.54, 1.807) is 31.2 Å². The van der Waals surface area contributed by atoms with Crippen LogP contribution in [-0.4, -0.2) is 10.2 Å². The van der Waals surface area contributed by atoms with E-state index >= 15 is 0 Å². The first-order valence-electron chi connectivity index (χ1n) is 6.12. The molecule has 0 fully saturated rings. The Balaban J connectivity index is 2.37. The van der Waals surface area contributed by atoms with Gasteiger partial charge in [0.15, 0.2) is 11.3 Å². The number of rotatable bonds is 1. The van der Waals surface area contributed by atoms with Crippen LogP contribution in [0, 0.1) is 6.92 Å². The molecule has 3 aromatic rings. The Morgan fingerprint density at radius 3 is 2.40 bits per heavy atom. The van der Waals surface area contributed by atoms with Crippen LogP contribution in [0.2, 0.25) is 0 Å². The number of aromatic hydroxyl groups is 2. The summed E-state index contributed by atoms with van der Waals surface area (Å²) in [6.07, 6.45) is 0. The van der Waals surface area contributed by atoms with Crippen molar-refractivity contribution in [1.29, 1.82) is 0 Å². The molecule has 4 heteroatoms. The number of para-hydroxylation sites is 1. The quantitative estimate of drug-likeness (QED) is 0.665. The Labute approximate surface area is 114 Å². The van der Waals surface area contributed by atoms with Crippen molar-refractivity contribution in [2.75, 3.05) is 0 Å². The number of hydrogen-bond acceptors (Lipinski definition) is 4. The van der Waals surface area contributed by atoms with Gasteiger partial charge in [0.25, 0.3) is 0 Å². The molecule has 0 aliphatic rings. The van der Waals surface area contributed by atoms with Crippen LogP contribution in [0.5, 0.6) is 11.5 Å². The number of benzene rings is 2. The Bertz CT molecular complexity index is 845. The van der Waals surface area contributed by atoms with Gasteiger partial charge in [-0.2, -0.15) is 0 Å². The van der Waals surface area contributed by atoms with Crippen LogP contribution in [0.1, 0.15) is 5.56 Å². The number of phenols is 2. The van der Waals surface area contributed by atoms with Crippen molar-refractivity contribution in [1.82, 2.24) is 0 Å². The summed E-state index contributed by atoms with van der Waals surface area (Å²) in [7, 11) is 0. The predicted molar refractivity (Wildman–Crippen MR) is 76.0 cm³/mol. The van der Waals surface area contributed by atoms with Gasteiger partial charge in [0.1, 0.15) is 5.75 Å². The number of phenolic OH excluding ortho intramolecular Hbond substituents is 2. The third-order valence-electron chi connectivity index (χ3n) is 3.33. The van der Waals surface area contributed by atoms with E-state index in [9.17, 15) is 15.0 Å². The zero-order chi connectivity index (χ0) is 14.3. The molecule has 0 atom stereocenters. The highest BCUT2D eigenvalue weighted by molar-refractivity contribution is 5.89. The van der Waals surface area contributed by atoms with Gasteiger partial charge in [0, 0.05) is 5.39 Å². The summed E-state index contributed by atoms with van der Waals surface area (Å²) in [6.45, 7) is 1.81. The average molecular weight is 268 g/mol. The fourth-order valence-corrected chi connectivity index (χ4v) is 2.32. The first-order chi connectivity index (χ1) is 9.58. The lowest BCUT2D eigenvalue weighted by molar-refractivity contribution is 0.457. The van der Waals surface area contributed by atoms with Crippen molar-refractivity contribution in [3.8, 4) is 22.6 Å². The van der Waals surface area contributed by atoms with Gasteiger partial charge in [0.05, 0.1) is 5.56 Å². The van der Waals surface area contributed by atoms with Gasteiger partial charge >= 0.3 is 5.63 Å². The van der Waals surface area contributed by atoms with E-state index in [4.69, 9.17) is 4.42 Å². The van der Waals surface area contributed by atoms with E-state index in [0.717, 1.165) is 5.56 Å². The molecule has 0 amide bonds. The van der Waals surface area contributed by atoms with Crippen LogP contribution in [0.4, 0.5) is 0 Å². The van der Waals surface area contributed by atoms with Crippen LogP contribution >= 0.6 is 0 Å². The van der Waals surface area contributed by atoms with Crippen LogP contribution in [0.3, 0.4) is 0 Å². The maximum Gasteiger partial charge on any atom is 0.344 e. The Morgan fingerprint density at radius 2 is 1.70 bits per heavy atom. The molecule has 0 aliphatic heterocycles. The van der Waals surface area contributed by atoms with Crippen LogP contribution in [0.25, 0.3) is 22.1 Å². The van der Waals surface area contributed by atoms with Gasteiger partial charge in [-0.3, -0.25) is 0 Å². The van der Waals surface area contributed by atoms with E-state index in [-0.39, 0.29) is 17.1 Å². The van der Waals surface area contributed by atoms with Gasteiger partial charge in [-0.05, 0) is 36.2 Å².